The van der Waals surface area contributed by atoms with Gasteiger partial charge in [-0.2, -0.15) is 0 Å². The monoisotopic (exact) mass is 925 g/mol. The Bertz CT molecular complexity index is 1150. The van der Waals surface area contributed by atoms with Crippen molar-refractivity contribution in [1.29, 1.82) is 0 Å². The molecule has 6 nitrogen and oxygen atoms in total. The van der Waals surface area contributed by atoms with E-state index in [0.29, 0.717) is 19.3 Å². The van der Waals surface area contributed by atoms with Crippen LogP contribution in [-0.4, -0.2) is 37.2 Å². The molecule has 0 saturated heterocycles. The van der Waals surface area contributed by atoms with Crippen molar-refractivity contribution in [2.24, 2.45) is 0 Å². The molecule has 0 aliphatic heterocycles. The van der Waals surface area contributed by atoms with E-state index in [1.54, 1.807) is 0 Å². The van der Waals surface area contributed by atoms with Crippen molar-refractivity contribution in [3.63, 3.8) is 0 Å². The molecule has 1 atom stereocenters. The minimum atomic E-state index is -0.789. The summed E-state index contributed by atoms with van der Waals surface area (Å²) in [6.45, 7) is 6.50. The maximum Gasteiger partial charge on any atom is 0.306 e. The summed E-state index contributed by atoms with van der Waals surface area (Å²) in [4.78, 5) is 38.0. The van der Waals surface area contributed by atoms with Gasteiger partial charge in [0.15, 0.2) is 6.10 Å². The average molecular weight is 926 g/mol. The molecule has 0 fully saturated rings. The van der Waals surface area contributed by atoms with E-state index in [1.165, 1.54) is 167 Å². The van der Waals surface area contributed by atoms with Gasteiger partial charge in [-0.05, 0) is 77.0 Å². The molecule has 0 aliphatic carbocycles. The standard InChI is InChI=1S/C60H108O6/c1-4-7-10-13-16-19-22-25-26-27-28-29-30-31-32-33-34-36-38-41-44-47-50-53-59(62)65-56-57(55-64-58(61)52-49-46-43-40-37-24-21-18-15-12-9-6-3)66-60(63)54-51-48-45-42-39-35-23-20-17-14-11-8-5-2/h8,11,17-18,20-21,35,39,57H,4-7,9-10,12-16,19,22-34,36-38,40-56H2,1-3H3/b11-8-,20-17-,21-18-,39-35-. The summed E-state index contributed by atoms with van der Waals surface area (Å²) in [7, 11) is 0. The SMILES string of the molecule is CC/C=C\C/C=C\C/C=C\CCCCCC(=O)OC(COC(=O)CCCCCCC/C=C\CCCCC)COC(=O)CCCCCCCCCCCCCCCCCCCCCCCCC. The minimum Gasteiger partial charge on any atom is -0.462 e. The summed E-state index contributed by atoms with van der Waals surface area (Å²) in [6, 6.07) is 0. The summed E-state index contributed by atoms with van der Waals surface area (Å²) in [5, 5.41) is 0. The molecule has 384 valence electrons. The van der Waals surface area contributed by atoms with Gasteiger partial charge in [-0.25, -0.2) is 0 Å². The maximum atomic E-state index is 12.8. The highest BCUT2D eigenvalue weighted by Gasteiger charge is 2.19. The van der Waals surface area contributed by atoms with Crippen LogP contribution < -0.4 is 0 Å². The third kappa shape index (κ3) is 52.3. The smallest absolute Gasteiger partial charge is 0.306 e. The molecule has 6 heteroatoms. The molecule has 1 unspecified atom stereocenters. The van der Waals surface area contributed by atoms with Gasteiger partial charge < -0.3 is 14.2 Å². The van der Waals surface area contributed by atoms with Gasteiger partial charge in [-0.15, -0.1) is 0 Å². The summed E-state index contributed by atoms with van der Waals surface area (Å²) >= 11 is 0. The lowest BCUT2D eigenvalue weighted by molar-refractivity contribution is -0.167. The van der Waals surface area contributed by atoms with Crippen molar-refractivity contribution < 1.29 is 28.6 Å². The van der Waals surface area contributed by atoms with Crippen LogP contribution in [0.4, 0.5) is 0 Å². The molecule has 0 spiro atoms. The fraction of sp³-hybridized carbons (Fsp3) is 0.817. The normalized spacial score (nSPS) is 12.3. The fourth-order valence-electron chi connectivity index (χ4n) is 8.28. The summed E-state index contributed by atoms with van der Waals surface area (Å²) in [5.41, 5.74) is 0. The van der Waals surface area contributed by atoms with Crippen LogP contribution in [0.3, 0.4) is 0 Å². The van der Waals surface area contributed by atoms with Crippen LogP contribution in [-0.2, 0) is 28.6 Å². The number of carbonyl (C=O) groups is 3. The predicted molar refractivity (Wildman–Crippen MR) is 284 cm³/mol. The number of ether oxygens (including phenoxy) is 3. The van der Waals surface area contributed by atoms with Crippen molar-refractivity contribution in [3.8, 4) is 0 Å². The number of allylic oxidation sites excluding steroid dienone is 8. The van der Waals surface area contributed by atoms with Crippen LogP contribution in [0.5, 0.6) is 0 Å². The number of carbonyl (C=O) groups excluding carboxylic acids is 3. The zero-order chi connectivity index (χ0) is 47.9. The zero-order valence-electron chi connectivity index (χ0n) is 44.0. The molecular weight excluding hydrogens is 817 g/mol. The predicted octanol–water partition coefficient (Wildman–Crippen LogP) is 19.0. The van der Waals surface area contributed by atoms with E-state index in [0.717, 1.165) is 89.9 Å². The molecule has 66 heavy (non-hydrogen) atoms. The van der Waals surface area contributed by atoms with Crippen LogP contribution in [0.15, 0.2) is 48.6 Å². The average Bonchev–Trinajstić information content (AvgIpc) is 3.31. The van der Waals surface area contributed by atoms with E-state index in [2.05, 4.69) is 69.4 Å². The van der Waals surface area contributed by atoms with Crippen LogP contribution in [0.2, 0.25) is 0 Å². The van der Waals surface area contributed by atoms with Crippen molar-refractivity contribution in [2.75, 3.05) is 13.2 Å². The third-order valence-electron chi connectivity index (χ3n) is 12.6. The zero-order valence-corrected chi connectivity index (χ0v) is 44.0. The molecule has 0 aromatic heterocycles. The molecule has 0 N–H and O–H groups in total. The van der Waals surface area contributed by atoms with Crippen molar-refractivity contribution in [3.05, 3.63) is 48.6 Å². The Balaban J connectivity index is 4.25. The van der Waals surface area contributed by atoms with E-state index >= 15 is 0 Å². The molecular formula is C60H108O6. The first-order chi connectivity index (χ1) is 32.5. The second kappa shape index (κ2) is 55.0. The van der Waals surface area contributed by atoms with E-state index in [-0.39, 0.29) is 31.1 Å². The highest BCUT2D eigenvalue weighted by Crippen LogP contribution is 2.17. The second-order valence-corrected chi connectivity index (χ2v) is 19.2. The van der Waals surface area contributed by atoms with Crippen LogP contribution in [0.25, 0.3) is 0 Å². The van der Waals surface area contributed by atoms with E-state index in [4.69, 9.17) is 14.2 Å². The quantitative estimate of drug-likeness (QED) is 0.0262. The first kappa shape index (κ1) is 63.4. The third-order valence-corrected chi connectivity index (χ3v) is 12.6. The first-order valence-corrected chi connectivity index (χ1v) is 28.6. The number of hydrogen-bond acceptors (Lipinski definition) is 6. The van der Waals surface area contributed by atoms with E-state index in [1.807, 2.05) is 0 Å². The topological polar surface area (TPSA) is 78.9 Å². The second-order valence-electron chi connectivity index (χ2n) is 19.2. The molecule has 0 heterocycles. The lowest BCUT2D eigenvalue weighted by atomic mass is 10.0. The Morgan fingerprint density at radius 2 is 0.591 bits per heavy atom. The van der Waals surface area contributed by atoms with Crippen LogP contribution >= 0.6 is 0 Å². The number of rotatable bonds is 52. The Morgan fingerprint density at radius 1 is 0.318 bits per heavy atom. The molecule has 0 bridgehead atoms. The summed E-state index contributed by atoms with van der Waals surface area (Å²) < 4.78 is 16.8. The number of unbranched alkanes of at least 4 members (excludes halogenated alkanes) is 33. The van der Waals surface area contributed by atoms with Crippen molar-refractivity contribution >= 4 is 17.9 Å². The maximum absolute atomic E-state index is 12.8. The van der Waals surface area contributed by atoms with Crippen molar-refractivity contribution in [2.45, 2.75) is 303 Å². The molecule has 0 radical (unpaired) electrons. The minimum absolute atomic E-state index is 0.0849. The number of hydrogen-bond donors (Lipinski definition) is 0. The van der Waals surface area contributed by atoms with Gasteiger partial charge in [-0.3, -0.25) is 14.4 Å². The lowest BCUT2D eigenvalue weighted by Gasteiger charge is -2.18. The molecule has 0 rings (SSSR count). The number of esters is 3. The van der Waals surface area contributed by atoms with Crippen molar-refractivity contribution in [1.82, 2.24) is 0 Å². The molecule has 0 saturated carbocycles. The van der Waals surface area contributed by atoms with Crippen LogP contribution in [0.1, 0.15) is 297 Å². The molecule has 0 aromatic carbocycles. The summed E-state index contributed by atoms with van der Waals surface area (Å²) in [5.74, 6) is -0.912. The van der Waals surface area contributed by atoms with Gasteiger partial charge in [0.2, 0.25) is 0 Å². The Morgan fingerprint density at radius 3 is 0.985 bits per heavy atom. The highest BCUT2D eigenvalue weighted by atomic mass is 16.6. The molecule has 0 aliphatic rings. The summed E-state index contributed by atoms with van der Waals surface area (Å²) in [6.07, 6.45) is 66.9. The lowest BCUT2D eigenvalue weighted by Crippen LogP contribution is -2.30. The largest absolute Gasteiger partial charge is 0.462 e. The van der Waals surface area contributed by atoms with Gasteiger partial charge >= 0.3 is 17.9 Å². The Kier molecular flexibility index (Phi) is 52.8. The van der Waals surface area contributed by atoms with Gasteiger partial charge in [0, 0.05) is 19.3 Å². The van der Waals surface area contributed by atoms with Gasteiger partial charge in [0.1, 0.15) is 13.2 Å². The molecule has 0 aromatic rings. The van der Waals surface area contributed by atoms with Gasteiger partial charge in [-0.1, -0.05) is 249 Å². The molecule has 0 amide bonds. The van der Waals surface area contributed by atoms with Gasteiger partial charge in [0.25, 0.3) is 0 Å². The first-order valence-electron chi connectivity index (χ1n) is 28.6. The Hall–Kier alpha value is -2.63. The van der Waals surface area contributed by atoms with E-state index < -0.39 is 6.10 Å². The fourth-order valence-corrected chi connectivity index (χ4v) is 8.28. The van der Waals surface area contributed by atoms with E-state index in [9.17, 15) is 14.4 Å². The van der Waals surface area contributed by atoms with Gasteiger partial charge in [0.05, 0.1) is 0 Å². The highest BCUT2D eigenvalue weighted by molar-refractivity contribution is 5.71. The van der Waals surface area contributed by atoms with Crippen LogP contribution in [0, 0.1) is 0 Å². The Labute approximate surface area is 409 Å².